The van der Waals surface area contributed by atoms with Gasteiger partial charge in [0.2, 0.25) is 0 Å². The Morgan fingerprint density at radius 3 is 2.25 bits per heavy atom. The molecule has 4 nitrogen and oxygen atoms in total. The van der Waals surface area contributed by atoms with E-state index in [1.165, 1.54) is 11.1 Å². The molecule has 0 bridgehead atoms. The van der Waals surface area contributed by atoms with Crippen LogP contribution in [0.5, 0.6) is 11.5 Å². The first kappa shape index (κ1) is 25.8. The lowest BCUT2D eigenvalue weighted by molar-refractivity contribution is 0.301. The highest BCUT2D eigenvalue weighted by atomic mass is 35.5. The molecule has 1 heterocycles. The Morgan fingerprint density at radius 1 is 0.938 bits per heavy atom. The lowest BCUT2D eigenvalue weighted by Gasteiger charge is -2.27. The fraction of sp³-hybridized carbons (Fsp3) is 0.444. The van der Waals surface area contributed by atoms with Crippen LogP contribution in [0.15, 0.2) is 61.2 Å². The van der Waals surface area contributed by atoms with Gasteiger partial charge in [0.1, 0.15) is 11.5 Å². The molecular weight excluding hydrogens is 420 g/mol. The van der Waals surface area contributed by atoms with Gasteiger partial charge < -0.3 is 14.0 Å². The van der Waals surface area contributed by atoms with E-state index in [0.29, 0.717) is 19.1 Å². The second kappa shape index (κ2) is 13.2. The molecule has 3 rings (SSSR count). The standard InChI is InChI=1S/C25H31ClN2O2.C2H6/c1-20-18-22(8-11-24(20)30-16-4-12-26)25(2,3)21-6-9-23(10-7-21)29-17-5-14-28-15-13-27-19-28;1-2/h6-11,13,15,18-19H,4-5,12,14,16-17H2,1-3H3;1-2H3. The summed E-state index contributed by atoms with van der Waals surface area (Å²) in [5, 5.41) is 0. The number of ether oxygens (including phenoxy) is 2. The van der Waals surface area contributed by atoms with Crippen LogP contribution in [-0.4, -0.2) is 28.6 Å². The van der Waals surface area contributed by atoms with Crippen LogP contribution in [0, 0.1) is 6.92 Å². The Bertz CT molecular complexity index is 906. The number of nitrogens with zero attached hydrogens (tertiary/aromatic N) is 2. The number of benzene rings is 2. The van der Waals surface area contributed by atoms with Crippen LogP contribution in [0.4, 0.5) is 0 Å². The van der Waals surface area contributed by atoms with E-state index >= 15 is 0 Å². The highest BCUT2D eigenvalue weighted by molar-refractivity contribution is 6.17. The van der Waals surface area contributed by atoms with E-state index in [1.807, 2.05) is 26.4 Å². The first-order chi connectivity index (χ1) is 15.5. The van der Waals surface area contributed by atoms with Crippen LogP contribution in [-0.2, 0) is 12.0 Å². The predicted octanol–water partition coefficient (Wildman–Crippen LogP) is 7.02. The van der Waals surface area contributed by atoms with Crippen molar-refractivity contribution < 1.29 is 9.47 Å². The van der Waals surface area contributed by atoms with Crippen molar-refractivity contribution >= 4 is 11.6 Å². The molecule has 0 saturated heterocycles. The van der Waals surface area contributed by atoms with Gasteiger partial charge >= 0.3 is 0 Å². The first-order valence-electron chi connectivity index (χ1n) is 11.5. The van der Waals surface area contributed by atoms with E-state index in [2.05, 4.69) is 72.8 Å². The van der Waals surface area contributed by atoms with E-state index in [0.717, 1.165) is 36.4 Å². The van der Waals surface area contributed by atoms with Crippen molar-refractivity contribution in [1.29, 1.82) is 0 Å². The molecule has 0 N–H and O–H groups in total. The summed E-state index contributed by atoms with van der Waals surface area (Å²) < 4.78 is 13.8. The van der Waals surface area contributed by atoms with E-state index in [9.17, 15) is 0 Å². The summed E-state index contributed by atoms with van der Waals surface area (Å²) in [5.74, 6) is 2.45. The van der Waals surface area contributed by atoms with E-state index < -0.39 is 0 Å². The Labute approximate surface area is 198 Å². The zero-order chi connectivity index (χ0) is 23.4. The van der Waals surface area contributed by atoms with Crippen LogP contribution in [0.25, 0.3) is 0 Å². The average Bonchev–Trinajstić information content (AvgIpc) is 3.33. The predicted molar refractivity (Wildman–Crippen MR) is 134 cm³/mol. The van der Waals surface area contributed by atoms with Crippen molar-refractivity contribution in [2.24, 2.45) is 0 Å². The minimum atomic E-state index is -0.112. The van der Waals surface area contributed by atoms with Gasteiger partial charge in [0.05, 0.1) is 19.5 Å². The molecule has 32 heavy (non-hydrogen) atoms. The maximum Gasteiger partial charge on any atom is 0.122 e. The molecule has 0 saturated carbocycles. The van der Waals surface area contributed by atoms with Crippen LogP contribution in [0.1, 0.15) is 57.2 Å². The van der Waals surface area contributed by atoms with Gasteiger partial charge in [0, 0.05) is 30.2 Å². The normalized spacial score (nSPS) is 10.9. The number of halogens is 1. The summed E-state index contributed by atoms with van der Waals surface area (Å²) in [4.78, 5) is 4.05. The lowest BCUT2D eigenvalue weighted by atomic mass is 9.77. The molecule has 0 aliphatic heterocycles. The summed E-state index contributed by atoms with van der Waals surface area (Å²) in [6, 6.07) is 14.9. The van der Waals surface area contributed by atoms with Gasteiger partial charge in [-0.2, -0.15) is 0 Å². The molecule has 3 aromatic rings. The van der Waals surface area contributed by atoms with Crippen molar-refractivity contribution in [3.63, 3.8) is 0 Å². The first-order valence-corrected chi connectivity index (χ1v) is 12.0. The second-order valence-corrected chi connectivity index (χ2v) is 8.40. The second-order valence-electron chi connectivity index (χ2n) is 8.02. The summed E-state index contributed by atoms with van der Waals surface area (Å²) in [5.41, 5.74) is 3.55. The quantitative estimate of drug-likeness (QED) is 0.230. The van der Waals surface area contributed by atoms with Crippen molar-refractivity contribution in [3.8, 4) is 11.5 Å². The van der Waals surface area contributed by atoms with Gasteiger partial charge in [-0.1, -0.05) is 52.0 Å². The Kier molecular flexibility index (Phi) is 10.6. The van der Waals surface area contributed by atoms with Crippen LogP contribution in [0.2, 0.25) is 0 Å². The highest BCUT2D eigenvalue weighted by Gasteiger charge is 2.23. The summed E-state index contributed by atoms with van der Waals surface area (Å²) >= 11 is 5.74. The molecule has 0 amide bonds. The summed E-state index contributed by atoms with van der Waals surface area (Å²) in [6.07, 6.45) is 7.40. The van der Waals surface area contributed by atoms with Gasteiger partial charge in [-0.15, -0.1) is 11.6 Å². The molecule has 1 aromatic heterocycles. The molecule has 0 unspecified atom stereocenters. The summed E-state index contributed by atoms with van der Waals surface area (Å²) in [7, 11) is 0. The van der Waals surface area contributed by atoms with Crippen molar-refractivity contribution in [2.75, 3.05) is 19.1 Å². The monoisotopic (exact) mass is 456 g/mol. The SMILES string of the molecule is CC.Cc1cc(C(C)(C)c2ccc(OCCCn3ccnc3)cc2)ccc1OCCCCl. The van der Waals surface area contributed by atoms with Gasteiger partial charge in [0.25, 0.3) is 0 Å². The van der Waals surface area contributed by atoms with Crippen molar-refractivity contribution in [1.82, 2.24) is 9.55 Å². The molecule has 0 aliphatic carbocycles. The minimum absolute atomic E-state index is 0.112. The third-order valence-corrected chi connectivity index (χ3v) is 5.66. The van der Waals surface area contributed by atoms with E-state index in [1.54, 1.807) is 6.20 Å². The summed E-state index contributed by atoms with van der Waals surface area (Å²) in [6.45, 7) is 12.8. The number of hydrogen-bond acceptors (Lipinski definition) is 3. The van der Waals surface area contributed by atoms with E-state index in [-0.39, 0.29) is 5.41 Å². The lowest BCUT2D eigenvalue weighted by Crippen LogP contribution is -2.19. The molecule has 0 radical (unpaired) electrons. The maximum atomic E-state index is 5.90. The number of hydrogen-bond donors (Lipinski definition) is 0. The molecule has 5 heteroatoms. The maximum absolute atomic E-state index is 5.90. The Hall–Kier alpha value is -2.46. The number of aromatic nitrogens is 2. The van der Waals surface area contributed by atoms with Gasteiger partial charge in [-0.05, 0) is 54.7 Å². The largest absolute Gasteiger partial charge is 0.494 e. The van der Waals surface area contributed by atoms with Gasteiger partial charge in [0.15, 0.2) is 0 Å². The molecule has 0 spiro atoms. The topological polar surface area (TPSA) is 36.3 Å². The highest BCUT2D eigenvalue weighted by Crippen LogP contribution is 2.34. The number of aryl methyl sites for hydroxylation is 2. The number of rotatable bonds is 11. The molecule has 0 fully saturated rings. The number of alkyl halides is 1. The number of imidazole rings is 1. The average molecular weight is 457 g/mol. The fourth-order valence-electron chi connectivity index (χ4n) is 3.43. The molecule has 0 aliphatic rings. The van der Waals surface area contributed by atoms with Gasteiger partial charge in [-0.25, -0.2) is 4.98 Å². The van der Waals surface area contributed by atoms with Crippen LogP contribution >= 0.6 is 11.6 Å². The zero-order valence-corrected chi connectivity index (χ0v) is 20.9. The molecule has 174 valence electrons. The Balaban J connectivity index is 0.00000176. The van der Waals surface area contributed by atoms with Gasteiger partial charge in [-0.3, -0.25) is 0 Å². The molecule has 0 atom stereocenters. The van der Waals surface area contributed by atoms with Crippen LogP contribution in [0.3, 0.4) is 0 Å². The van der Waals surface area contributed by atoms with E-state index in [4.69, 9.17) is 21.1 Å². The van der Waals surface area contributed by atoms with Crippen LogP contribution < -0.4 is 9.47 Å². The third-order valence-electron chi connectivity index (χ3n) is 5.40. The van der Waals surface area contributed by atoms with Crippen molar-refractivity contribution in [3.05, 3.63) is 77.9 Å². The smallest absolute Gasteiger partial charge is 0.122 e. The van der Waals surface area contributed by atoms with Crippen molar-refractivity contribution in [2.45, 2.75) is 59.4 Å². The molecular formula is C27H37ClN2O2. The molecule has 2 aromatic carbocycles. The fourth-order valence-corrected chi connectivity index (χ4v) is 3.54. The minimum Gasteiger partial charge on any atom is -0.494 e. The Morgan fingerprint density at radius 2 is 1.62 bits per heavy atom. The third kappa shape index (κ3) is 7.30. The zero-order valence-electron chi connectivity index (χ0n) is 20.1.